The van der Waals surface area contributed by atoms with Crippen LogP contribution >= 0.6 is 0 Å². The number of carbonyl (C=O) groups is 1. The molecule has 0 aliphatic heterocycles. The molecule has 154 valence electrons. The lowest BCUT2D eigenvalue weighted by molar-refractivity contribution is -0.254. The van der Waals surface area contributed by atoms with Gasteiger partial charge in [0.15, 0.2) is 0 Å². The van der Waals surface area contributed by atoms with E-state index in [2.05, 4.69) is 58.9 Å². The van der Waals surface area contributed by atoms with E-state index in [0.717, 1.165) is 28.8 Å². The maximum atomic E-state index is 12.2. The van der Waals surface area contributed by atoms with Gasteiger partial charge in [-0.3, -0.25) is 0 Å². The van der Waals surface area contributed by atoms with Crippen molar-refractivity contribution in [3.05, 3.63) is 76.0 Å². The van der Waals surface area contributed by atoms with Crippen LogP contribution in [0.4, 0.5) is 0 Å². The topological polar surface area (TPSA) is 53.0 Å². The van der Waals surface area contributed by atoms with E-state index < -0.39 is 5.97 Å². The Morgan fingerprint density at radius 1 is 1.10 bits per heavy atom. The zero-order valence-electron chi connectivity index (χ0n) is 18.4. The molecule has 1 atom stereocenters. The lowest BCUT2D eigenvalue weighted by Gasteiger charge is -2.37. The maximum Gasteiger partial charge on any atom is 0.0725 e. The third-order valence-corrected chi connectivity index (χ3v) is 6.41. The van der Waals surface area contributed by atoms with Crippen molar-refractivity contribution in [2.24, 2.45) is 11.3 Å². The first-order valence-electron chi connectivity index (χ1n) is 10.6. The Hall–Kier alpha value is -2.94. The highest BCUT2D eigenvalue weighted by atomic mass is 16.4. The summed E-state index contributed by atoms with van der Waals surface area (Å²) in [4.78, 5) is 17.2. The van der Waals surface area contributed by atoms with Gasteiger partial charge in [0.25, 0.3) is 0 Å². The van der Waals surface area contributed by atoms with Gasteiger partial charge in [0, 0.05) is 10.9 Å². The van der Waals surface area contributed by atoms with Crippen LogP contribution in [0.25, 0.3) is 22.6 Å². The molecule has 3 nitrogen and oxygen atoms in total. The summed E-state index contributed by atoms with van der Waals surface area (Å²) in [5.74, 6) is -0.798. The summed E-state index contributed by atoms with van der Waals surface area (Å²) in [5, 5.41) is 12.9. The van der Waals surface area contributed by atoms with E-state index in [0.29, 0.717) is 28.8 Å². The first-order valence-corrected chi connectivity index (χ1v) is 10.6. The number of aryl methyl sites for hydroxylation is 2. The molecule has 0 saturated carbocycles. The highest BCUT2D eigenvalue weighted by Crippen LogP contribution is 2.44. The molecular formula is C27H28NO2-. The number of carboxylic acid groups (broad SMARTS) is 1. The standard InChI is InChI=1S/C27H29NO2/c1-16-10-11-17(2)18(12-16)13-19-14-20(27(3,4)5)15-22-24(26(29)30)21-8-6-7-9-23(21)28-25(19)22/h6-13,20H,14-15H2,1-5H3,(H,29,30)/p-1/b19-13+/t20-/m1/s1. The van der Waals surface area contributed by atoms with E-state index in [1.807, 2.05) is 24.3 Å². The van der Waals surface area contributed by atoms with Crippen LogP contribution in [0, 0.1) is 25.2 Å². The molecule has 0 spiro atoms. The Morgan fingerprint density at radius 2 is 1.83 bits per heavy atom. The second kappa shape index (κ2) is 7.39. The molecule has 4 rings (SSSR count). The van der Waals surface area contributed by atoms with E-state index in [1.54, 1.807) is 0 Å². The molecule has 0 N–H and O–H groups in total. The number of carbonyl (C=O) groups excluding carboxylic acids is 1. The van der Waals surface area contributed by atoms with Gasteiger partial charge in [-0.25, -0.2) is 4.98 Å². The first kappa shape index (κ1) is 20.3. The number of benzene rings is 2. The third kappa shape index (κ3) is 3.65. The van der Waals surface area contributed by atoms with Gasteiger partial charge >= 0.3 is 0 Å². The van der Waals surface area contributed by atoms with Crippen molar-refractivity contribution in [1.29, 1.82) is 0 Å². The highest BCUT2D eigenvalue weighted by Gasteiger charge is 2.34. The number of allylic oxidation sites excluding steroid dienone is 1. The lowest BCUT2D eigenvalue weighted by Crippen LogP contribution is -2.31. The maximum absolute atomic E-state index is 12.2. The summed E-state index contributed by atoms with van der Waals surface area (Å²) >= 11 is 0. The number of rotatable bonds is 2. The molecular weight excluding hydrogens is 370 g/mol. The number of carboxylic acids is 1. The number of pyridine rings is 1. The Bertz CT molecular complexity index is 1180. The normalized spacial score (nSPS) is 17.9. The zero-order valence-corrected chi connectivity index (χ0v) is 18.4. The van der Waals surface area contributed by atoms with Crippen LogP contribution < -0.4 is 5.11 Å². The molecule has 1 aliphatic rings. The second-order valence-electron chi connectivity index (χ2n) is 9.62. The molecule has 3 aromatic rings. The van der Waals surface area contributed by atoms with Gasteiger partial charge in [0.05, 0.1) is 17.2 Å². The van der Waals surface area contributed by atoms with E-state index >= 15 is 0 Å². The predicted molar refractivity (Wildman–Crippen MR) is 121 cm³/mol. The molecule has 30 heavy (non-hydrogen) atoms. The number of hydrogen-bond donors (Lipinski definition) is 0. The molecule has 0 fully saturated rings. The van der Waals surface area contributed by atoms with Crippen LogP contribution in [-0.2, 0) is 6.42 Å². The minimum Gasteiger partial charge on any atom is -0.545 e. The van der Waals surface area contributed by atoms with Crippen molar-refractivity contribution in [3.8, 4) is 0 Å². The van der Waals surface area contributed by atoms with Gasteiger partial charge in [0.2, 0.25) is 0 Å². The quantitative estimate of drug-likeness (QED) is 0.583. The van der Waals surface area contributed by atoms with Crippen molar-refractivity contribution in [2.75, 3.05) is 0 Å². The van der Waals surface area contributed by atoms with Crippen molar-refractivity contribution >= 4 is 28.5 Å². The van der Waals surface area contributed by atoms with E-state index in [4.69, 9.17) is 4.98 Å². The van der Waals surface area contributed by atoms with E-state index in [1.165, 1.54) is 11.1 Å². The fourth-order valence-corrected chi connectivity index (χ4v) is 4.47. The van der Waals surface area contributed by atoms with Crippen LogP contribution in [0.15, 0.2) is 42.5 Å². The van der Waals surface area contributed by atoms with Gasteiger partial charge in [-0.15, -0.1) is 0 Å². The van der Waals surface area contributed by atoms with Gasteiger partial charge in [-0.05, 0) is 72.4 Å². The predicted octanol–water partition coefficient (Wildman–Crippen LogP) is 5.36. The van der Waals surface area contributed by atoms with Crippen molar-refractivity contribution in [1.82, 2.24) is 4.98 Å². The van der Waals surface area contributed by atoms with Crippen molar-refractivity contribution in [2.45, 2.75) is 47.5 Å². The molecule has 0 radical (unpaired) electrons. The molecule has 1 heterocycles. The Balaban J connectivity index is 2.03. The van der Waals surface area contributed by atoms with Crippen molar-refractivity contribution < 1.29 is 9.90 Å². The number of hydrogen-bond acceptors (Lipinski definition) is 3. The summed E-state index contributed by atoms with van der Waals surface area (Å²) in [6.07, 6.45) is 3.78. The average molecular weight is 399 g/mol. The first-order chi connectivity index (χ1) is 14.1. The van der Waals surface area contributed by atoms with Gasteiger partial charge in [-0.2, -0.15) is 0 Å². The Morgan fingerprint density at radius 3 is 2.53 bits per heavy atom. The second-order valence-corrected chi connectivity index (χ2v) is 9.62. The summed E-state index contributed by atoms with van der Waals surface area (Å²) in [6.45, 7) is 10.9. The molecule has 1 aromatic heterocycles. The van der Waals surface area contributed by atoms with Crippen LogP contribution in [0.2, 0.25) is 0 Å². The number of aromatic carboxylic acids is 1. The summed E-state index contributed by atoms with van der Waals surface area (Å²) in [7, 11) is 0. The van der Waals surface area contributed by atoms with E-state index in [9.17, 15) is 9.90 Å². The van der Waals surface area contributed by atoms with Crippen LogP contribution in [0.5, 0.6) is 0 Å². The largest absolute Gasteiger partial charge is 0.545 e. The SMILES string of the molecule is Cc1ccc(C)c(/C=C2\C[C@@H](C(C)(C)C)Cc3c2nc2ccccc2c3C(=O)[O-])c1. The summed E-state index contributed by atoms with van der Waals surface area (Å²) < 4.78 is 0. The van der Waals surface area contributed by atoms with Crippen LogP contribution in [0.3, 0.4) is 0 Å². The molecule has 0 unspecified atom stereocenters. The lowest BCUT2D eigenvalue weighted by atomic mass is 9.69. The fourth-order valence-electron chi connectivity index (χ4n) is 4.47. The number of nitrogens with zero attached hydrogens (tertiary/aromatic N) is 1. The Labute approximate surface area is 178 Å². The molecule has 0 saturated heterocycles. The summed E-state index contributed by atoms with van der Waals surface area (Å²) in [6, 6.07) is 13.9. The van der Waals surface area contributed by atoms with Gasteiger partial charge in [0.1, 0.15) is 0 Å². The fraction of sp³-hybridized carbons (Fsp3) is 0.333. The van der Waals surface area contributed by atoms with E-state index in [-0.39, 0.29) is 5.41 Å². The molecule has 1 aliphatic carbocycles. The summed E-state index contributed by atoms with van der Waals surface area (Å²) in [5.41, 5.74) is 7.37. The Kier molecular flexibility index (Phi) is 5.01. The monoisotopic (exact) mass is 398 g/mol. The molecule has 0 amide bonds. The molecule has 0 bridgehead atoms. The van der Waals surface area contributed by atoms with Gasteiger partial charge in [-0.1, -0.05) is 62.7 Å². The minimum absolute atomic E-state index is 0.0489. The zero-order chi connectivity index (χ0) is 21.6. The highest BCUT2D eigenvalue weighted by molar-refractivity contribution is 6.05. The minimum atomic E-state index is -1.12. The number of para-hydroxylation sites is 1. The number of aromatic nitrogens is 1. The molecule has 2 aromatic carbocycles. The van der Waals surface area contributed by atoms with Crippen molar-refractivity contribution in [3.63, 3.8) is 0 Å². The average Bonchev–Trinajstić information content (AvgIpc) is 2.68. The molecule has 3 heteroatoms. The smallest absolute Gasteiger partial charge is 0.0725 e. The van der Waals surface area contributed by atoms with Crippen LogP contribution in [0.1, 0.15) is 65.5 Å². The van der Waals surface area contributed by atoms with Gasteiger partial charge < -0.3 is 9.90 Å². The third-order valence-electron chi connectivity index (χ3n) is 6.41. The van der Waals surface area contributed by atoms with Crippen LogP contribution in [-0.4, -0.2) is 11.0 Å². The number of fused-ring (bicyclic) bond motifs is 2.